The van der Waals surface area contributed by atoms with Gasteiger partial charge in [0.1, 0.15) is 6.04 Å². The van der Waals surface area contributed by atoms with E-state index in [1.54, 1.807) is 6.08 Å². The number of aryl methyl sites for hydroxylation is 1. The van der Waals surface area contributed by atoms with Crippen molar-refractivity contribution in [2.45, 2.75) is 59.5 Å². The van der Waals surface area contributed by atoms with Crippen molar-refractivity contribution < 1.29 is 19.1 Å². The lowest BCUT2D eigenvalue weighted by atomic mass is 9.86. The molecule has 1 unspecified atom stereocenters. The quantitative estimate of drug-likeness (QED) is 0.472. The van der Waals surface area contributed by atoms with Crippen LogP contribution >= 0.6 is 11.8 Å². The van der Waals surface area contributed by atoms with E-state index in [9.17, 15) is 14.4 Å². The van der Waals surface area contributed by atoms with Crippen molar-refractivity contribution in [2.75, 3.05) is 18.6 Å². The van der Waals surface area contributed by atoms with Crippen LogP contribution in [0.1, 0.15) is 57.7 Å². The van der Waals surface area contributed by atoms with Gasteiger partial charge in [-0.15, -0.1) is 0 Å². The topological polar surface area (TPSA) is 66.9 Å². The molecular weight excluding hydrogens is 412 g/mol. The number of fused-ring (bicyclic) bond motifs is 1. The van der Waals surface area contributed by atoms with Crippen LogP contribution in [0.3, 0.4) is 0 Å². The minimum atomic E-state index is -0.956. The van der Waals surface area contributed by atoms with Crippen LogP contribution in [-0.4, -0.2) is 47.3 Å². The fourth-order valence-corrected chi connectivity index (χ4v) is 5.16. The number of allylic oxidation sites excluding steroid dienone is 1. The van der Waals surface area contributed by atoms with E-state index in [1.165, 1.54) is 25.3 Å². The molecule has 166 valence electrons. The summed E-state index contributed by atoms with van der Waals surface area (Å²) >= 11 is 0.854. The molecule has 0 aromatic heterocycles. The maximum absolute atomic E-state index is 12.9. The minimum absolute atomic E-state index is 0.0757. The van der Waals surface area contributed by atoms with Crippen LogP contribution in [0.25, 0.3) is 11.6 Å². The zero-order valence-electron chi connectivity index (χ0n) is 19.2. The van der Waals surface area contributed by atoms with Gasteiger partial charge in [-0.3, -0.25) is 14.5 Å². The summed E-state index contributed by atoms with van der Waals surface area (Å²) in [5, 5.41) is -0.461. The average Bonchev–Trinajstić information content (AvgIpc) is 2.97. The van der Waals surface area contributed by atoms with E-state index < -0.39 is 23.2 Å². The summed E-state index contributed by atoms with van der Waals surface area (Å²) in [5.74, 6) is -1.08. The van der Waals surface area contributed by atoms with Gasteiger partial charge in [0.05, 0.1) is 17.6 Å². The lowest BCUT2D eigenvalue weighted by molar-refractivity contribution is -0.148. The van der Waals surface area contributed by atoms with Gasteiger partial charge in [0.25, 0.3) is 11.1 Å². The number of anilines is 1. The Morgan fingerprint density at radius 1 is 1.26 bits per heavy atom. The second-order valence-corrected chi connectivity index (χ2v) is 9.60. The lowest BCUT2D eigenvalue weighted by Gasteiger charge is -2.43. The number of esters is 1. The van der Waals surface area contributed by atoms with Crippen LogP contribution in [0.15, 0.2) is 23.1 Å². The number of hydrogen-bond donors (Lipinski definition) is 0. The summed E-state index contributed by atoms with van der Waals surface area (Å²) in [6.07, 6.45) is 5.07. The second kappa shape index (κ2) is 8.54. The number of hydrogen-bond acceptors (Lipinski definition) is 6. The van der Waals surface area contributed by atoms with E-state index in [4.69, 9.17) is 0 Å². The van der Waals surface area contributed by atoms with E-state index in [0.29, 0.717) is 4.91 Å². The second-order valence-electron chi connectivity index (χ2n) is 8.61. The van der Waals surface area contributed by atoms with Crippen LogP contribution in [0.2, 0.25) is 0 Å². The van der Waals surface area contributed by atoms with Gasteiger partial charge in [0.2, 0.25) is 0 Å². The van der Waals surface area contributed by atoms with Crippen LogP contribution in [0.4, 0.5) is 10.5 Å². The zero-order chi connectivity index (χ0) is 23.1. The van der Waals surface area contributed by atoms with Gasteiger partial charge in [-0.1, -0.05) is 13.0 Å². The monoisotopic (exact) mass is 442 g/mol. The Hall–Kier alpha value is -2.54. The molecule has 1 atom stereocenters. The smallest absolute Gasteiger partial charge is 0.328 e. The molecule has 1 aromatic rings. The fourth-order valence-electron chi connectivity index (χ4n) is 4.26. The predicted molar refractivity (Wildman–Crippen MR) is 126 cm³/mol. The zero-order valence-corrected chi connectivity index (χ0v) is 20.1. The van der Waals surface area contributed by atoms with Crippen molar-refractivity contribution in [1.82, 2.24) is 4.90 Å². The Morgan fingerprint density at radius 3 is 2.55 bits per heavy atom. The van der Waals surface area contributed by atoms with Crippen molar-refractivity contribution in [1.29, 1.82) is 0 Å². The Bertz CT molecular complexity index is 1010. The van der Waals surface area contributed by atoms with Gasteiger partial charge in [-0.25, -0.2) is 4.79 Å². The van der Waals surface area contributed by atoms with Crippen molar-refractivity contribution in [3.05, 3.63) is 39.8 Å². The number of amides is 2. The number of methoxy groups -OCH3 is 1. The molecule has 6 nitrogen and oxygen atoms in total. The molecule has 1 saturated heterocycles. The van der Waals surface area contributed by atoms with Crippen molar-refractivity contribution in [3.63, 3.8) is 0 Å². The third-order valence-corrected chi connectivity index (χ3v) is 6.74. The summed E-state index contributed by atoms with van der Waals surface area (Å²) in [6, 6.07) is 3.30. The van der Waals surface area contributed by atoms with Gasteiger partial charge in [-0.05, 0) is 87.7 Å². The highest BCUT2D eigenvalue weighted by atomic mass is 32.2. The number of nitrogens with zero attached hydrogens (tertiary/aromatic N) is 2. The van der Waals surface area contributed by atoms with Gasteiger partial charge >= 0.3 is 5.97 Å². The molecule has 0 spiro atoms. The van der Waals surface area contributed by atoms with E-state index in [2.05, 4.69) is 55.5 Å². The normalized spacial score (nSPS) is 20.1. The summed E-state index contributed by atoms with van der Waals surface area (Å²) < 4.78 is 4.69. The number of ether oxygens (including phenoxy) is 1. The predicted octanol–water partition coefficient (Wildman–Crippen LogP) is 5.00. The van der Waals surface area contributed by atoms with E-state index in [1.807, 2.05) is 6.92 Å². The molecule has 2 heterocycles. The molecule has 1 aromatic carbocycles. The first-order chi connectivity index (χ1) is 14.5. The molecule has 1 fully saturated rings. The molecule has 2 amide bonds. The fraction of sp³-hybridized carbons (Fsp3) is 0.458. The van der Waals surface area contributed by atoms with Crippen molar-refractivity contribution >= 4 is 46.2 Å². The standard InChI is InChI=1S/C24H30N2O4S/c1-8-9-25-19-10-14(2)17(11-18(19)15(3)13-24(25,5)6)12-20-21(27)26(23(29)31-20)16(4)22(28)30-7/h10-13,16H,8-9H2,1-7H3/b20-12-. The van der Waals surface area contributed by atoms with Crippen molar-refractivity contribution in [2.24, 2.45) is 0 Å². The van der Waals surface area contributed by atoms with Gasteiger partial charge < -0.3 is 9.64 Å². The Labute approximate surface area is 188 Å². The molecule has 0 radical (unpaired) electrons. The highest BCUT2D eigenvalue weighted by Gasteiger charge is 2.41. The maximum atomic E-state index is 12.9. The maximum Gasteiger partial charge on any atom is 0.328 e. The lowest BCUT2D eigenvalue weighted by Crippen LogP contribution is -2.45. The largest absolute Gasteiger partial charge is 0.467 e. The van der Waals surface area contributed by atoms with Gasteiger partial charge in [0, 0.05) is 17.8 Å². The number of rotatable bonds is 5. The minimum Gasteiger partial charge on any atom is -0.467 e. The number of benzene rings is 1. The molecule has 2 aliphatic heterocycles. The van der Waals surface area contributed by atoms with Gasteiger partial charge in [0.15, 0.2) is 0 Å². The van der Waals surface area contributed by atoms with Crippen molar-refractivity contribution in [3.8, 4) is 0 Å². The third-order valence-electron chi connectivity index (χ3n) is 5.85. The van der Waals surface area contributed by atoms with E-state index in [-0.39, 0.29) is 5.54 Å². The summed E-state index contributed by atoms with van der Waals surface area (Å²) in [6.45, 7) is 13.2. The van der Waals surface area contributed by atoms with Crippen LogP contribution < -0.4 is 4.90 Å². The molecule has 0 aliphatic carbocycles. The number of thioether (sulfide) groups is 1. The summed E-state index contributed by atoms with van der Waals surface area (Å²) in [7, 11) is 1.24. The number of carbonyl (C=O) groups is 3. The first-order valence-corrected chi connectivity index (χ1v) is 11.3. The molecule has 0 N–H and O–H groups in total. The first kappa shape index (κ1) is 23.1. The van der Waals surface area contributed by atoms with Crippen LogP contribution in [-0.2, 0) is 14.3 Å². The molecule has 7 heteroatoms. The Balaban J connectivity index is 2.02. The molecule has 0 saturated carbocycles. The number of carbonyl (C=O) groups excluding carboxylic acids is 3. The Kier molecular flexibility index (Phi) is 6.37. The Morgan fingerprint density at radius 2 is 1.94 bits per heavy atom. The molecular formula is C24H30N2O4S. The first-order valence-electron chi connectivity index (χ1n) is 10.5. The van der Waals surface area contributed by atoms with Crippen LogP contribution in [0.5, 0.6) is 0 Å². The molecule has 2 aliphatic rings. The van der Waals surface area contributed by atoms with E-state index in [0.717, 1.165) is 46.3 Å². The van der Waals surface area contributed by atoms with E-state index >= 15 is 0 Å². The average molecular weight is 443 g/mol. The van der Waals surface area contributed by atoms with Crippen LogP contribution in [0, 0.1) is 6.92 Å². The summed E-state index contributed by atoms with van der Waals surface area (Å²) in [4.78, 5) is 40.8. The highest BCUT2D eigenvalue weighted by molar-refractivity contribution is 8.18. The highest BCUT2D eigenvalue weighted by Crippen LogP contribution is 2.41. The SMILES string of the molecule is CCCN1c2cc(C)c(/C=C3\SC(=O)N(C(C)C(=O)OC)C3=O)cc2C(C)=CC1(C)C. The molecule has 31 heavy (non-hydrogen) atoms. The summed E-state index contributed by atoms with van der Waals surface area (Å²) in [5.41, 5.74) is 5.35. The third kappa shape index (κ3) is 4.15. The molecule has 0 bridgehead atoms. The number of imide groups is 1. The molecule has 3 rings (SSSR count). The van der Waals surface area contributed by atoms with Gasteiger partial charge in [-0.2, -0.15) is 0 Å².